The molecular formula is C5HCl3F2N2. The van der Waals surface area contributed by atoms with E-state index in [0.29, 0.717) is 0 Å². The van der Waals surface area contributed by atoms with Crippen molar-refractivity contribution >= 4 is 34.8 Å². The monoisotopic (exact) mass is 232 g/mol. The zero-order chi connectivity index (χ0) is 9.35. The third-order valence-corrected chi connectivity index (χ3v) is 1.54. The predicted molar refractivity (Wildman–Crippen MR) is 41.2 cm³/mol. The van der Waals surface area contributed by atoms with Gasteiger partial charge in [-0.2, -0.15) is 13.8 Å². The first-order valence-corrected chi connectivity index (χ1v) is 3.80. The highest BCUT2D eigenvalue weighted by Crippen LogP contribution is 2.36. The van der Waals surface area contributed by atoms with Gasteiger partial charge in [-0.05, 0) is 0 Å². The molecule has 0 aliphatic carbocycles. The fraction of sp³-hybridized carbons (Fsp3) is 0.200. The molecule has 1 heterocycles. The molecule has 7 heteroatoms. The number of hydrogen-bond acceptors (Lipinski definition) is 2. The molecule has 0 N–H and O–H groups in total. The lowest BCUT2D eigenvalue weighted by Gasteiger charge is -2.08. The zero-order valence-corrected chi connectivity index (χ0v) is 7.63. The average molecular weight is 233 g/mol. The molecule has 0 aliphatic rings. The maximum absolute atomic E-state index is 12.4. The first kappa shape index (κ1) is 9.89. The smallest absolute Gasteiger partial charge is 0.203 e. The standard InChI is InChI=1S/C5HCl3F2N2/c6-5(7,8)2-1-3(9)12-4(10)11-2/h1H. The fourth-order valence-corrected chi connectivity index (χ4v) is 0.826. The summed E-state index contributed by atoms with van der Waals surface area (Å²) in [5, 5.41) is 0. The van der Waals surface area contributed by atoms with Crippen LogP contribution in [0.3, 0.4) is 0 Å². The summed E-state index contributed by atoms with van der Waals surface area (Å²) in [5.74, 6) is -1.08. The van der Waals surface area contributed by atoms with E-state index in [1.165, 1.54) is 0 Å². The fourth-order valence-electron chi connectivity index (χ4n) is 0.535. The second kappa shape index (κ2) is 3.28. The topological polar surface area (TPSA) is 25.8 Å². The molecule has 2 nitrogen and oxygen atoms in total. The van der Waals surface area contributed by atoms with Crippen molar-refractivity contribution in [3.8, 4) is 0 Å². The van der Waals surface area contributed by atoms with Crippen molar-refractivity contribution < 1.29 is 8.78 Å². The van der Waals surface area contributed by atoms with Gasteiger partial charge in [0, 0.05) is 6.07 Å². The lowest BCUT2D eigenvalue weighted by atomic mass is 10.4. The molecule has 0 saturated carbocycles. The predicted octanol–water partition coefficient (Wildman–Crippen LogP) is 2.58. The van der Waals surface area contributed by atoms with Crippen LogP contribution < -0.4 is 0 Å². The summed E-state index contributed by atoms with van der Waals surface area (Å²) < 4.78 is 22.8. The summed E-state index contributed by atoms with van der Waals surface area (Å²) in [4.78, 5) is 5.82. The van der Waals surface area contributed by atoms with Crippen molar-refractivity contribution in [2.45, 2.75) is 3.79 Å². The number of hydrogen-bond donors (Lipinski definition) is 0. The molecule has 0 saturated heterocycles. The van der Waals surface area contributed by atoms with E-state index < -0.39 is 15.8 Å². The van der Waals surface area contributed by atoms with Crippen LogP contribution in [0.4, 0.5) is 8.78 Å². The van der Waals surface area contributed by atoms with Crippen LogP contribution in [0.1, 0.15) is 5.69 Å². The third-order valence-electron chi connectivity index (χ3n) is 0.958. The molecule has 0 aromatic carbocycles. The van der Waals surface area contributed by atoms with Gasteiger partial charge in [0.25, 0.3) is 0 Å². The summed E-state index contributed by atoms with van der Waals surface area (Å²) in [6, 6.07) is 0.746. The largest absolute Gasteiger partial charge is 0.311 e. The third kappa shape index (κ3) is 2.40. The summed E-state index contributed by atoms with van der Waals surface area (Å²) in [6.45, 7) is 0. The lowest BCUT2D eigenvalue weighted by Crippen LogP contribution is -2.07. The van der Waals surface area contributed by atoms with Crippen molar-refractivity contribution in [1.29, 1.82) is 0 Å². The highest BCUT2D eigenvalue weighted by Gasteiger charge is 2.26. The van der Waals surface area contributed by atoms with Crippen LogP contribution in [0, 0.1) is 12.0 Å². The van der Waals surface area contributed by atoms with Crippen molar-refractivity contribution in [2.75, 3.05) is 0 Å². The van der Waals surface area contributed by atoms with Gasteiger partial charge in [-0.25, -0.2) is 4.98 Å². The van der Waals surface area contributed by atoms with Gasteiger partial charge in [-0.3, -0.25) is 0 Å². The van der Waals surface area contributed by atoms with Crippen LogP contribution in [-0.2, 0) is 3.79 Å². The van der Waals surface area contributed by atoms with Crippen LogP contribution in [0.15, 0.2) is 6.07 Å². The van der Waals surface area contributed by atoms with Crippen molar-refractivity contribution in [1.82, 2.24) is 9.97 Å². The van der Waals surface area contributed by atoms with Gasteiger partial charge in [-0.1, -0.05) is 34.8 Å². The highest BCUT2D eigenvalue weighted by molar-refractivity contribution is 6.66. The molecule has 0 aliphatic heterocycles. The molecule has 0 spiro atoms. The minimum absolute atomic E-state index is 0.336. The Morgan fingerprint density at radius 3 is 2.17 bits per heavy atom. The Kier molecular flexibility index (Phi) is 2.70. The van der Waals surface area contributed by atoms with Crippen LogP contribution >= 0.6 is 34.8 Å². The highest BCUT2D eigenvalue weighted by atomic mass is 35.6. The first-order chi connectivity index (χ1) is 5.39. The lowest BCUT2D eigenvalue weighted by molar-refractivity contribution is 0.477. The van der Waals surface area contributed by atoms with Crippen LogP contribution in [0.5, 0.6) is 0 Å². The Hall–Kier alpha value is -0.190. The van der Waals surface area contributed by atoms with Crippen LogP contribution in [0.2, 0.25) is 0 Å². The molecule has 66 valence electrons. The maximum Gasteiger partial charge on any atom is 0.311 e. The Balaban J connectivity index is 3.18. The van der Waals surface area contributed by atoms with Crippen LogP contribution in [-0.4, -0.2) is 9.97 Å². The van der Waals surface area contributed by atoms with Gasteiger partial charge in [0.2, 0.25) is 9.74 Å². The van der Waals surface area contributed by atoms with Crippen molar-refractivity contribution in [2.24, 2.45) is 0 Å². The van der Waals surface area contributed by atoms with E-state index in [0.717, 1.165) is 6.07 Å². The van der Waals surface area contributed by atoms with Gasteiger partial charge in [-0.15, -0.1) is 0 Å². The summed E-state index contributed by atoms with van der Waals surface area (Å²) in [7, 11) is 0. The number of alkyl halides is 3. The molecule has 0 amide bonds. The number of rotatable bonds is 0. The van der Waals surface area contributed by atoms with Gasteiger partial charge in [0.15, 0.2) is 0 Å². The second-order valence-electron chi connectivity index (χ2n) is 1.84. The first-order valence-electron chi connectivity index (χ1n) is 2.67. The van der Waals surface area contributed by atoms with E-state index in [4.69, 9.17) is 34.8 Å². The molecule has 1 aromatic rings. The Morgan fingerprint density at radius 1 is 1.17 bits per heavy atom. The van der Waals surface area contributed by atoms with Crippen LogP contribution in [0.25, 0.3) is 0 Å². The summed E-state index contributed by atoms with van der Waals surface area (Å²) in [5.41, 5.74) is -0.336. The van der Waals surface area contributed by atoms with Crippen molar-refractivity contribution in [3.63, 3.8) is 0 Å². The van der Waals surface area contributed by atoms with E-state index in [1.807, 2.05) is 0 Å². The van der Waals surface area contributed by atoms with E-state index in [-0.39, 0.29) is 5.69 Å². The van der Waals surface area contributed by atoms with E-state index in [2.05, 4.69) is 9.97 Å². The number of aromatic nitrogens is 2. The molecule has 12 heavy (non-hydrogen) atoms. The number of nitrogens with zero attached hydrogens (tertiary/aromatic N) is 2. The molecule has 0 unspecified atom stereocenters. The Bertz CT molecular complexity index is 279. The number of halogens is 5. The summed E-state index contributed by atoms with van der Waals surface area (Å²) >= 11 is 15.9. The average Bonchev–Trinajstić information content (AvgIpc) is 1.82. The zero-order valence-electron chi connectivity index (χ0n) is 5.36. The molecule has 0 bridgehead atoms. The quantitative estimate of drug-likeness (QED) is 0.391. The van der Waals surface area contributed by atoms with E-state index >= 15 is 0 Å². The van der Waals surface area contributed by atoms with Gasteiger partial charge < -0.3 is 0 Å². The molecule has 1 aromatic heterocycles. The minimum Gasteiger partial charge on any atom is -0.203 e. The molecule has 0 atom stereocenters. The Morgan fingerprint density at radius 2 is 1.75 bits per heavy atom. The van der Waals surface area contributed by atoms with Gasteiger partial charge in [0.05, 0.1) is 0 Å². The van der Waals surface area contributed by atoms with Gasteiger partial charge >= 0.3 is 6.08 Å². The Labute approximate surface area is 81.5 Å². The maximum atomic E-state index is 12.4. The van der Waals surface area contributed by atoms with Gasteiger partial charge in [0.1, 0.15) is 5.69 Å². The molecule has 0 fully saturated rings. The minimum atomic E-state index is -1.94. The van der Waals surface area contributed by atoms with E-state index in [1.54, 1.807) is 0 Å². The van der Waals surface area contributed by atoms with E-state index in [9.17, 15) is 8.78 Å². The second-order valence-corrected chi connectivity index (χ2v) is 4.12. The molecule has 0 radical (unpaired) electrons. The van der Waals surface area contributed by atoms with Crippen molar-refractivity contribution in [3.05, 3.63) is 23.8 Å². The molecule has 1 rings (SSSR count). The SMILES string of the molecule is Fc1cc(C(Cl)(Cl)Cl)nc(F)n1. The molecular weight excluding hydrogens is 232 g/mol. The normalized spacial score (nSPS) is 11.8. The summed E-state index contributed by atoms with van der Waals surface area (Å²) in [6.07, 6.45) is -1.27.